The van der Waals surface area contributed by atoms with E-state index in [0.29, 0.717) is 6.54 Å². The molecule has 4 rings (SSSR count). The maximum atomic E-state index is 11.4. The van der Waals surface area contributed by atoms with E-state index >= 15 is 0 Å². The van der Waals surface area contributed by atoms with E-state index in [1.165, 1.54) is 28.2 Å². The molecule has 1 aliphatic rings. The number of aliphatic hydroxyl groups excluding tert-OH is 1. The molecule has 6 heteroatoms. The number of nitrogens with one attached hydrogen (secondary N) is 2. The van der Waals surface area contributed by atoms with Gasteiger partial charge in [-0.15, -0.1) is 0 Å². The fourth-order valence-electron chi connectivity index (χ4n) is 4.69. The van der Waals surface area contributed by atoms with Crippen LogP contribution in [-0.4, -0.2) is 45.8 Å². The van der Waals surface area contributed by atoms with E-state index in [1.807, 2.05) is 19.1 Å². The Bertz CT molecular complexity index is 1100. The summed E-state index contributed by atoms with van der Waals surface area (Å²) in [5, 5.41) is 19.7. The van der Waals surface area contributed by atoms with Crippen molar-refractivity contribution in [2.24, 2.45) is 0 Å². The second-order valence-electron chi connectivity index (χ2n) is 8.14. The van der Waals surface area contributed by atoms with Crippen LogP contribution >= 0.6 is 0 Å². The number of hydrogen-bond donors (Lipinski definition) is 4. The van der Waals surface area contributed by atoms with Crippen molar-refractivity contribution in [1.29, 1.82) is 0 Å². The predicted octanol–water partition coefficient (Wildman–Crippen LogP) is 3.60. The molecule has 0 spiro atoms. The number of amides is 1. The number of hydroxylamine groups is 1. The van der Waals surface area contributed by atoms with E-state index in [4.69, 9.17) is 5.21 Å². The number of carbonyl (C=O) groups excluding carboxylic acids is 1. The quantitative estimate of drug-likeness (QED) is 0.255. The molecule has 1 atom stereocenters. The number of nitrogens with zero attached hydrogens (tertiary/aromatic N) is 1. The largest absolute Gasteiger partial charge is 0.395 e. The van der Waals surface area contributed by atoms with E-state index < -0.39 is 5.91 Å². The van der Waals surface area contributed by atoms with Crippen LogP contribution in [0.1, 0.15) is 41.6 Å². The molecule has 0 aliphatic heterocycles. The smallest absolute Gasteiger partial charge is 0.267 e. The molecule has 3 aromatic rings. The van der Waals surface area contributed by atoms with Crippen molar-refractivity contribution in [3.8, 4) is 0 Å². The Morgan fingerprint density at radius 3 is 2.90 bits per heavy atom. The molecule has 1 aliphatic carbocycles. The van der Waals surface area contributed by atoms with E-state index in [9.17, 15) is 9.90 Å². The summed E-state index contributed by atoms with van der Waals surface area (Å²) in [4.78, 5) is 17.2. The van der Waals surface area contributed by atoms with E-state index in [-0.39, 0.29) is 12.6 Å². The highest BCUT2D eigenvalue weighted by Gasteiger charge is 2.28. The summed E-state index contributed by atoms with van der Waals surface area (Å²) in [6.45, 7) is 3.52. The highest BCUT2D eigenvalue weighted by Crippen LogP contribution is 2.37. The maximum Gasteiger partial charge on any atom is 0.267 e. The van der Waals surface area contributed by atoms with Crippen LogP contribution in [0.25, 0.3) is 16.5 Å². The number of aryl methyl sites for hydroxylation is 1. The zero-order chi connectivity index (χ0) is 21.8. The Morgan fingerprint density at radius 1 is 1.26 bits per heavy atom. The van der Waals surface area contributed by atoms with Crippen LogP contribution in [0.2, 0.25) is 0 Å². The molecule has 1 unspecified atom stereocenters. The number of rotatable bonds is 8. The molecule has 1 heterocycles. The monoisotopic (exact) mass is 419 g/mol. The number of allylic oxidation sites excluding steroid dienone is 1. The first kappa shape index (κ1) is 21.3. The summed E-state index contributed by atoms with van der Waals surface area (Å²) in [6, 6.07) is 15.0. The lowest BCUT2D eigenvalue weighted by atomic mass is 9.99. The first-order chi connectivity index (χ1) is 15.1. The average molecular weight is 420 g/mol. The van der Waals surface area contributed by atoms with E-state index in [0.717, 1.165) is 42.5 Å². The minimum atomic E-state index is -0.526. The molecule has 1 aromatic heterocycles. The SMILES string of the molecule is C/C(=C/C(=O)NO)c1ccc2c(c1)CCC2N(CCO)CCc1c[nH]c2ccccc12. The molecule has 0 saturated carbocycles. The highest BCUT2D eigenvalue weighted by atomic mass is 16.5. The van der Waals surface area contributed by atoms with Gasteiger partial charge in [0.1, 0.15) is 0 Å². The van der Waals surface area contributed by atoms with Crippen molar-refractivity contribution < 1.29 is 15.1 Å². The van der Waals surface area contributed by atoms with Gasteiger partial charge >= 0.3 is 0 Å². The lowest BCUT2D eigenvalue weighted by Crippen LogP contribution is -2.32. The van der Waals surface area contributed by atoms with Crippen molar-refractivity contribution in [3.05, 3.63) is 77.0 Å². The molecule has 4 N–H and O–H groups in total. The van der Waals surface area contributed by atoms with Gasteiger partial charge in [0, 0.05) is 42.3 Å². The number of fused-ring (bicyclic) bond motifs is 2. The van der Waals surface area contributed by atoms with Gasteiger partial charge in [-0.3, -0.25) is 14.9 Å². The fraction of sp³-hybridized carbons (Fsp3) is 0.320. The molecule has 2 aromatic carbocycles. The van der Waals surface area contributed by atoms with Crippen molar-refractivity contribution in [2.45, 2.75) is 32.2 Å². The van der Waals surface area contributed by atoms with Crippen molar-refractivity contribution in [3.63, 3.8) is 0 Å². The van der Waals surface area contributed by atoms with Gasteiger partial charge < -0.3 is 10.1 Å². The lowest BCUT2D eigenvalue weighted by Gasteiger charge is -2.29. The van der Waals surface area contributed by atoms with Crippen molar-refractivity contribution >= 4 is 22.4 Å². The second-order valence-corrected chi connectivity index (χ2v) is 8.14. The minimum Gasteiger partial charge on any atom is -0.395 e. The third-order valence-corrected chi connectivity index (χ3v) is 6.27. The Balaban J connectivity index is 1.51. The van der Waals surface area contributed by atoms with Crippen LogP contribution in [0.5, 0.6) is 0 Å². The average Bonchev–Trinajstić information content (AvgIpc) is 3.40. The van der Waals surface area contributed by atoms with Crippen LogP contribution < -0.4 is 5.48 Å². The summed E-state index contributed by atoms with van der Waals surface area (Å²) >= 11 is 0. The first-order valence-electron chi connectivity index (χ1n) is 10.8. The Kier molecular flexibility index (Phi) is 6.51. The van der Waals surface area contributed by atoms with Gasteiger partial charge in [0.15, 0.2) is 0 Å². The minimum absolute atomic E-state index is 0.135. The number of carbonyl (C=O) groups is 1. The highest BCUT2D eigenvalue weighted by molar-refractivity contribution is 5.94. The number of benzene rings is 2. The third-order valence-electron chi connectivity index (χ3n) is 6.27. The number of H-pyrrole nitrogens is 1. The van der Waals surface area contributed by atoms with Crippen LogP contribution in [0, 0.1) is 0 Å². The molecule has 0 fully saturated rings. The summed E-state index contributed by atoms with van der Waals surface area (Å²) in [5.74, 6) is -0.526. The number of para-hydroxylation sites is 1. The molecule has 1 amide bonds. The van der Waals surface area contributed by atoms with Gasteiger partial charge in [0.2, 0.25) is 0 Å². The molecular formula is C25H29N3O3. The van der Waals surface area contributed by atoms with Gasteiger partial charge in [-0.2, -0.15) is 0 Å². The van der Waals surface area contributed by atoms with Gasteiger partial charge in [-0.05, 0) is 60.1 Å². The third kappa shape index (κ3) is 4.56. The summed E-state index contributed by atoms with van der Waals surface area (Å²) in [5.41, 5.74) is 8.48. The van der Waals surface area contributed by atoms with E-state index in [1.54, 1.807) is 5.48 Å². The number of aromatic amines is 1. The summed E-state index contributed by atoms with van der Waals surface area (Å²) in [7, 11) is 0. The van der Waals surface area contributed by atoms with Crippen molar-refractivity contribution in [2.75, 3.05) is 19.7 Å². The standard InChI is InChI=1S/C25H29N3O3/c1-17(14-25(30)27-31)18-6-8-22-19(15-18)7-9-24(22)28(12-13-29)11-10-20-16-26-23-5-3-2-4-21(20)23/h2-6,8,14-16,24,26,29,31H,7,9-13H2,1H3,(H,27,30)/b17-14-. The van der Waals surface area contributed by atoms with Gasteiger partial charge in [0.05, 0.1) is 6.61 Å². The lowest BCUT2D eigenvalue weighted by molar-refractivity contribution is -0.124. The summed E-state index contributed by atoms with van der Waals surface area (Å²) < 4.78 is 0. The normalized spacial score (nSPS) is 16.1. The topological polar surface area (TPSA) is 88.6 Å². The molecular weight excluding hydrogens is 390 g/mol. The van der Waals surface area contributed by atoms with Gasteiger partial charge in [-0.25, -0.2) is 5.48 Å². The number of aromatic nitrogens is 1. The Morgan fingerprint density at radius 2 is 2.10 bits per heavy atom. The Hall–Kier alpha value is -2.93. The zero-order valence-electron chi connectivity index (χ0n) is 17.8. The molecule has 0 radical (unpaired) electrons. The van der Waals surface area contributed by atoms with Crippen LogP contribution in [0.4, 0.5) is 0 Å². The zero-order valence-corrected chi connectivity index (χ0v) is 17.8. The van der Waals surface area contributed by atoms with Crippen molar-refractivity contribution in [1.82, 2.24) is 15.4 Å². The molecule has 6 nitrogen and oxygen atoms in total. The second kappa shape index (κ2) is 9.47. The number of hydrogen-bond acceptors (Lipinski definition) is 4. The molecule has 0 saturated heterocycles. The van der Waals surface area contributed by atoms with Crippen LogP contribution in [-0.2, 0) is 17.6 Å². The first-order valence-corrected chi connectivity index (χ1v) is 10.8. The Labute approximate surface area is 182 Å². The van der Waals surface area contributed by atoms with E-state index in [2.05, 4.69) is 46.4 Å². The molecule has 31 heavy (non-hydrogen) atoms. The maximum absolute atomic E-state index is 11.4. The predicted molar refractivity (Wildman–Crippen MR) is 122 cm³/mol. The van der Waals surface area contributed by atoms with Gasteiger partial charge in [-0.1, -0.05) is 36.4 Å². The molecule has 162 valence electrons. The van der Waals surface area contributed by atoms with Crippen LogP contribution in [0.3, 0.4) is 0 Å². The fourth-order valence-corrected chi connectivity index (χ4v) is 4.69. The molecule has 0 bridgehead atoms. The number of aliphatic hydroxyl groups is 1. The van der Waals surface area contributed by atoms with Crippen LogP contribution in [0.15, 0.2) is 54.7 Å². The summed E-state index contributed by atoms with van der Waals surface area (Å²) in [6.07, 6.45) is 6.41. The van der Waals surface area contributed by atoms with Gasteiger partial charge in [0.25, 0.3) is 5.91 Å².